The van der Waals surface area contributed by atoms with Crippen LogP contribution in [0.2, 0.25) is 0 Å². The van der Waals surface area contributed by atoms with Gasteiger partial charge in [0.15, 0.2) is 11.5 Å². The lowest BCUT2D eigenvalue weighted by Crippen LogP contribution is -2.42. The Kier molecular flexibility index (Phi) is 6.48. The third-order valence-corrected chi connectivity index (χ3v) is 9.51. The normalized spacial score (nSPS) is 21.3. The Labute approximate surface area is 246 Å². The van der Waals surface area contributed by atoms with Crippen molar-refractivity contribution < 1.29 is 14.3 Å². The number of amides is 1. The summed E-state index contributed by atoms with van der Waals surface area (Å²) in [6.45, 7) is 4.32. The average molecular weight is 561 g/mol. The molecule has 42 heavy (non-hydrogen) atoms. The van der Waals surface area contributed by atoms with E-state index in [4.69, 9.17) is 14.5 Å². The Balaban J connectivity index is 1.18. The maximum Gasteiger partial charge on any atom is 0.254 e. The van der Waals surface area contributed by atoms with E-state index >= 15 is 0 Å². The van der Waals surface area contributed by atoms with Crippen LogP contribution in [-0.4, -0.2) is 59.7 Å². The zero-order valence-electron chi connectivity index (χ0n) is 23.9. The number of benzene rings is 3. The molecule has 4 heterocycles. The van der Waals surface area contributed by atoms with Crippen molar-refractivity contribution in [3.8, 4) is 22.6 Å². The van der Waals surface area contributed by atoms with Gasteiger partial charge in [0.2, 0.25) is 6.79 Å². The van der Waals surface area contributed by atoms with Crippen molar-refractivity contribution in [1.82, 2.24) is 14.8 Å². The monoisotopic (exact) mass is 560 g/mol. The van der Waals surface area contributed by atoms with Gasteiger partial charge in [-0.2, -0.15) is 0 Å². The lowest BCUT2D eigenvalue weighted by Gasteiger charge is -2.29. The molecule has 4 aliphatic rings. The van der Waals surface area contributed by atoms with Crippen LogP contribution in [0.1, 0.15) is 59.6 Å². The fourth-order valence-electron chi connectivity index (χ4n) is 7.33. The maximum absolute atomic E-state index is 14.4. The molecule has 2 saturated heterocycles. The van der Waals surface area contributed by atoms with Gasteiger partial charge in [-0.25, -0.2) is 4.98 Å². The summed E-state index contributed by atoms with van der Waals surface area (Å²) in [5.41, 5.74) is 6.33. The molecule has 0 bridgehead atoms. The highest BCUT2D eigenvalue weighted by atomic mass is 16.7. The van der Waals surface area contributed by atoms with Crippen LogP contribution in [0, 0.1) is 0 Å². The van der Waals surface area contributed by atoms with Crippen LogP contribution in [-0.2, 0) is 6.42 Å². The number of carbonyl (C=O) groups excluding carboxylic acids is 1. The van der Waals surface area contributed by atoms with Gasteiger partial charge in [-0.05, 0) is 104 Å². The number of hydrogen-bond acceptors (Lipinski definition) is 6. The molecule has 4 aromatic rings. The van der Waals surface area contributed by atoms with E-state index in [2.05, 4.69) is 51.5 Å². The highest BCUT2D eigenvalue weighted by Crippen LogP contribution is 2.38. The molecule has 1 N–H and O–H groups in total. The molecular formula is C35H36N4O3. The van der Waals surface area contributed by atoms with Crippen LogP contribution in [0.3, 0.4) is 0 Å². The number of carbonyl (C=O) groups is 1. The van der Waals surface area contributed by atoms with E-state index in [9.17, 15) is 4.79 Å². The topological polar surface area (TPSA) is 66.9 Å². The molecule has 7 nitrogen and oxygen atoms in total. The first-order valence-electron chi connectivity index (χ1n) is 15.4. The van der Waals surface area contributed by atoms with E-state index in [1.807, 2.05) is 30.3 Å². The predicted molar refractivity (Wildman–Crippen MR) is 164 cm³/mol. The molecule has 0 saturated carbocycles. The smallest absolute Gasteiger partial charge is 0.254 e. The van der Waals surface area contributed by atoms with Crippen LogP contribution in [0.15, 0.2) is 66.7 Å². The number of anilines is 1. The summed E-state index contributed by atoms with van der Waals surface area (Å²) < 4.78 is 11.2. The first kappa shape index (κ1) is 25.6. The molecule has 0 spiro atoms. The second kappa shape index (κ2) is 10.6. The van der Waals surface area contributed by atoms with E-state index in [1.54, 1.807) is 0 Å². The minimum atomic E-state index is 0.113. The Morgan fingerprint density at radius 2 is 1.71 bits per heavy atom. The summed E-state index contributed by atoms with van der Waals surface area (Å²) in [7, 11) is 0. The molecule has 3 aromatic carbocycles. The van der Waals surface area contributed by atoms with E-state index < -0.39 is 0 Å². The summed E-state index contributed by atoms with van der Waals surface area (Å²) in [5.74, 6) is 2.39. The van der Waals surface area contributed by atoms with Crippen molar-refractivity contribution in [2.45, 2.75) is 50.6 Å². The second-order valence-corrected chi connectivity index (χ2v) is 12.1. The van der Waals surface area contributed by atoms with Crippen molar-refractivity contribution in [3.63, 3.8) is 0 Å². The van der Waals surface area contributed by atoms with Crippen molar-refractivity contribution in [2.75, 3.05) is 38.3 Å². The van der Waals surface area contributed by atoms with Gasteiger partial charge in [-0.3, -0.25) is 4.79 Å². The lowest BCUT2D eigenvalue weighted by atomic mass is 9.99. The Morgan fingerprint density at radius 3 is 2.64 bits per heavy atom. The molecule has 2 atom stereocenters. The summed E-state index contributed by atoms with van der Waals surface area (Å²) >= 11 is 0. The number of fused-ring (bicyclic) bond motifs is 3. The fraction of sp³-hybridized carbons (Fsp3) is 0.371. The van der Waals surface area contributed by atoms with Gasteiger partial charge >= 0.3 is 0 Å². The number of pyridine rings is 1. The quantitative estimate of drug-likeness (QED) is 0.293. The van der Waals surface area contributed by atoms with Crippen LogP contribution in [0.5, 0.6) is 11.5 Å². The van der Waals surface area contributed by atoms with E-state index in [0.29, 0.717) is 0 Å². The Morgan fingerprint density at radius 1 is 0.881 bits per heavy atom. The molecule has 1 aliphatic carbocycles. The van der Waals surface area contributed by atoms with Gasteiger partial charge < -0.3 is 24.6 Å². The Bertz CT molecular complexity index is 1660. The largest absolute Gasteiger partial charge is 0.454 e. The number of likely N-dealkylation sites (tertiary alicyclic amines) is 2. The van der Waals surface area contributed by atoms with Crippen molar-refractivity contribution in [2.24, 2.45) is 0 Å². The summed E-state index contributed by atoms with van der Waals surface area (Å²) in [6.07, 6.45) is 6.72. The standard InChI is InChI=1S/C35H36N4O3/c40-35(39-17-5-7-26(39)21-38-15-3-4-16-38)29-20-34(36-30-12-9-23-6-1-2-8-27(23)30)37-31-13-10-24(18-28(29)31)25-11-14-32-33(19-25)42-22-41-32/h1-2,6,8,10-11,13-14,18-20,26,30H,3-5,7,9,12,15-17,21-22H2,(H,36,37)/t26-,30+/m0/s1. The third kappa shape index (κ3) is 4.66. The van der Waals surface area contributed by atoms with Gasteiger partial charge in [-0.1, -0.05) is 36.4 Å². The minimum Gasteiger partial charge on any atom is -0.454 e. The minimum absolute atomic E-state index is 0.113. The number of nitrogens with zero attached hydrogens (tertiary/aromatic N) is 3. The molecule has 8 rings (SSSR count). The van der Waals surface area contributed by atoms with Crippen LogP contribution in [0.4, 0.5) is 5.82 Å². The first-order chi connectivity index (χ1) is 20.7. The summed E-state index contributed by atoms with van der Waals surface area (Å²) in [6, 6.07) is 23.3. The number of aromatic nitrogens is 1. The van der Waals surface area contributed by atoms with E-state index in [-0.39, 0.29) is 24.8 Å². The zero-order valence-corrected chi connectivity index (χ0v) is 23.9. The molecule has 7 heteroatoms. The molecule has 0 unspecified atom stereocenters. The molecule has 1 aromatic heterocycles. The highest BCUT2D eigenvalue weighted by Gasteiger charge is 2.33. The molecular weight excluding hydrogens is 524 g/mol. The maximum atomic E-state index is 14.4. The van der Waals surface area contributed by atoms with Crippen molar-refractivity contribution in [3.05, 3.63) is 83.4 Å². The van der Waals surface area contributed by atoms with Gasteiger partial charge in [0, 0.05) is 24.5 Å². The Hall–Kier alpha value is -4.10. The molecule has 3 aliphatic heterocycles. The third-order valence-electron chi connectivity index (χ3n) is 9.51. The van der Waals surface area contributed by atoms with Crippen LogP contribution < -0.4 is 14.8 Å². The molecule has 214 valence electrons. The fourth-order valence-corrected chi connectivity index (χ4v) is 7.33. The van der Waals surface area contributed by atoms with Gasteiger partial charge in [-0.15, -0.1) is 0 Å². The molecule has 0 radical (unpaired) electrons. The highest BCUT2D eigenvalue weighted by molar-refractivity contribution is 6.08. The van der Waals surface area contributed by atoms with Crippen molar-refractivity contribution in [1.29, 1.82) is 0 Å². The lowest BCUT2D eigenvalue weighted by molar-refractivity contribution is 0.0710. The van der Waals surface area contributed by atoms with Crippen LogP contribution in [0.25, 0.3) is 22.0 Å². The zero-order chi connectivity index (χ0) is 28.0. The van der Waals surface area contributed by atoms with Crippen molar-refractivity contribution >= 4 is 22.6 Å². The number of hydrogen-bond donors (Lipinski definition) is 1. The molecule has 2 fully saturated rings. The number of ether oxygens (including phenoxy) is 2. The van der Waals surface area contributed by atoms with Gasteiger partial charge in [0.25, 0.3) is 5.91 Å². The SMILES string of the molecule is O=C(c1cc(N[C@@H]2CCc3ccccc32)nc2ccc(-c3ccc4c(c3)OCO4)cc12)N1CCC[C@H]1CN1CCCC1. The second-order valence-electron chi connectivity index (χ2n) is 12.1. The first-order valence-corrected chi connectivity index (χ1v) is 15.4. The number of rotatable bonds is 6. The summed E-state index contributed by atoms with van der Waals surface area (Å²) in [4.78, 5) is 24.2. The number of aryl methyl sites for hydroxylation is 1. The van der Waals surface area contributed by atoms with Crippen LogP contribution >= 0.6 is 0 Å². The predicted octanol–water partition coefficient (Wildman–Crippen LogP) is 6.43. The van der Waals surface area contributed by atoms with Gasteiger partial charge in [0.05, 0.1) is 17.1 Å². The van der Waals surface area contributed by atoms with E-state index in [0.717, 1.165) is 96.8 Å². The number of nitrogens with one attached hydrogen (secondary N) is 1. The summed E-state index contributed by atoms with van der Waals surface area (Å²) in [5, 5.41) is 4.59. The average Bonchev–Trinajstić information content (AvgIpc) is 3.85. The van der Waals surface area contributed by atoms with E-state index in [1.165, 1.54) is 24.0 Å². The van der Waals surface area contributed by atoms with Gasteiger partial charge in [0.1, 0.15) is 5.82 Å². The molecule has 1 amide bonds.